The Morgan fingerprint density at radius 3 is 2.90 bits per heavy atom. The number of nitrogens with two attached hydrogens (primary N) is 1. The molecule has 0 saturated carbocycles. The first kappa shape index (κ1) is 15.0. The van der Waals surface area contributed by atoms with Gasteiger partial charge >= 0.3 is 0 Å². The number of hydrogen-bond donors (Lipinski definition) is 1. The highest BCUT2D eigenvalue weighted by Crippen LogP contribution is 2.23. The fourth-order valence-electron chi connectivity index (χ4n) is 2.70. The van der Waals surface area contributed by atoms with Gasteiger partial charge in [0.25, 0.3) is 0 Å². The standard InChI is InChI=1S/C15H22N2O2S/c1-11-7-8-12(15(16)19)10-17(11)14(18)6-2-4-13-5-3-9-20-13/h3,5,9,11-12H,2,4,6-8,10H2,1H3,(H2,16,19)/t11-,12+/m1/s1. The molecule has 0 radical (unpaired) electrons. The molecule has 1 aromatic rings. The molecular weight excluding hydrogens is 272 g/mol. The molecular formula is C15H22N2O2S. The van der Waals surface area contributed by atoms with Gasteiger partial charge < -0.3 is 10.6 Å². The van der Waals surface area contributed by atoms with Gasteiger partial charge in [-0.2, -0.15) is 0 Å². The van der Waals surface area contributed by atoms with Crippen molar-refractivity contribution in [2.24, 2.45) is 11.7 Å². The summed E-state index contributed by atoms with van der Waals surface area (Å²) in [4.78, 5) is 26.7. The van der Waals surface area contributed by atoms with Crippen molar-refractivity contribution in [3.8, 4) is 0 Å². The third kappa shape index (κ3) is 3.82. The van der Waals surface area contributed by atoms with Gasteiger partial charge in [0, 0.05) is 23.9 Å². The highest BCUT2D eigenvalue weighted by molar-refractivity contribution is 7.09. The lowest BCUT2D eigenvalue weighted by Gasteiger charge is -2.37. The molecule has 0 unspecified atom stereocenters. The van der Waals surface area contributed by atoms with Gasteiger partial charge in [-0.25, -0.2) is 0 Å². The molecule has 110 valence electrons. The van der Waals surface area contributed by atoms with Gasteiger partial charge in [0.2, 0.25) is 11.8 Å². The molecule has 0 aliphatic carbocycles. The molecule has 1 aliphatic rings. The second kappa shape index (κ2) is 6.88. The Balaban J connectivity index is 1.82. The molecule has 2 rings (SSSR count). The van der Waals surface area contributed by atoms with Crippen LogP contribution < -0.4 is 5.73 Å². The number of likely N-dealkylation sites (tertiary alicyclic amines) is 1. The number of rotatable bonds is 5. The summed E-state index contributed by atoms with van der Waals surface area (Å²) in [7, 11) is 0. The predicted molar refractivity (Wildman–Crippen MR) is 80.4 cm³/mol. The van der Waals surface area contributed by atoms with Crippen LogP contribution in [0, 0.1) is 5.92 Å². The van der Waals surface area contributed by atoms with Gasteiger partial charge in [0.05, 0.1) is 5.92 Å². The van der Waals surface area contributed by atoms with Crippen LogP contribution in [-0.4, -0.2) is 29.3 Å². The lowest BCUT2D eigenvalue weighted by molar-refractivity contribution is -0.137. The summed E-state index contributed by atoms with van der Waals surface area (Å²) in [5.41, 5.74) is 5.36. The summed E-state index contributed by atoms with van der Waals surface area (Å²) in [6, 6.07) is 4.35. The number of piperidine rings is 1. The molecule has 0 spiro atoms. The number of amides is 2. The summed E-state index contributed by atoms with van der Waals surface area (Å²) in [6.07, 6.45) is 4.03. The van der Waals surface area contributed by atoms with E-state index in [-0.39, 0.29) is 23.8 Å². The Bertz CT molecular complexity index is 458. The van der Waals surface area contributed by atoms with E-state index in [0.717, 1.165) is 25.7 Å². The molecule has 0 aromatic carbocycles. The van der Waals surface area contributed by atoms with E-state index in [1.54, 1.807) is 11.3 Å². The van der Waals surface area contributed by atoms with E-state index in [4.69, 9.17) is 5.73 Å². The zero-order valence-electron chi connectivity index (χ0n) is 11.9. The van der Waals surface area contributed by atoms with Gasteiger partial charge in [0.1, 0.15) is 0 Å². The van der Waals surface area contributed by atoms with Gasteiger partial charge in [-0.3, -0.25) is 9.59 Å². The topological polar surface area (TPSA) is 63.4 Å². The van der Waals surface area contributed by atoms with Crippen molar-refractivity contribution in [2.45, 2.75) is 45.1 Å². The average Bonchev–Trinajstić information content (AvgIpc) is 2.92. The zero-order chi connectivity index (χ0) is 14.5. The van der Waals surface area contributed by atoms with Crippen molar-refractivity contribution in [3.05, 3.63) is 22.4 Å². The molecule has 0 bridgehead atoms. The van der Waals surface area contributed by atoms with Gasteiger partial charge in [0.15, 0.2) is 0 Å². The van der Waals surface area contributed by atoms with Crippen LogP contribution in [0.5, 0.6) is 0 Å². The van der Waals surface area contributed by atoms with Crippen LogP contribution in [0.4, 0.5) is 0 Å². The summed E-state index contributed by atoms with van der Waals surface area (Å²) >= 11 is 1.73. The van der Waals surface area contributed by atoms with Crippen LogP contribution in [0.3, 0.4) is 0 Å². The zero-order valence-corrected chi connectivity index (χ0v) is 12.7. The Morgan fingerprint density at radius 2 is 2.25 bits per heavy atom. The van der Waals surface area contributed by atoms with Crippen molar-refractivity contribution >= 4 is 23.2 Å². The van der Waals surface area contributed by atoms with Crippen LogP contribution in [0.15, 0.2) is 17.5 Å². The number of nitrogens with zero attached hydrogens (tertiary/aromatic N) is 1. The molecule has 1 aliphatic heterocycles. The molecule has 5 heteroatoms. The fourth-order valence-corrected chi connectivity index (χ4v) is 3.45. The lowest BCUT2D eigenvalue weighted by atomic mass is 9.92. The minimum atomic E-state index is -0.284. The van der Waals surface area contributed by atoms with Crippen molar-refractivity contribution in [1.82, 2.24) is 4.90 Å². The average molecular weight is 294 g/mol. The second-order valence-electron chi connectivity index (χ2n) is 5.50. The number of carbonyl (C=O) groups is 2. The first-order valence-electron chi connectivity index (χ1n) is 7.19. The largest absolute Gasteiger partial charge is 0.369 e. The van der Waals surface area contributed by atoms with Crippen LogP contribution in [-0.2, 0) is 16.0 Å². The van der Waals surface area contributed by atoms with E-state index in [1.807, 2.05) is 17.9 Å². The van der Waals surface area contributed by atoms with Crippen LogP contribution in [0.25, 0.3) is 0 Å². The second-order valence-corrected chi connectivity index (χ2v) is 6.54. The molecule has 1 saturated heterocycles. The quantitative estimate of drug-likeness (QED) is 0.904. The Labute approximate surface area is 124 Å². The summed E-state index contributed by atoms with van der Waals surface area (Å²) < 4.78 is 0. The molecule has 2 N–H and O–H groups in total. The molecule has 2 amide bonds. The molecule has 1 aromatic heterocycles. The Morgan fingerprint density at radius 1 is 1.45 bits per heavy atom. The van der Waals surface area contributed by atoms with E-state index >= 15 is 0 Å². The van der Waals surface area contributed by atoms with E-state index < -0.39 is 0 Å². The van der Waals surface area contributed by atoms with Gasteiger partial charge in [-0.05, 0) is 44.1 Å². The van der Waals surface area contributed by atoms with Crippen molar-refractivity contribution in [2.75, 3.05) is 6.54 Å². The third-order valence-electron chi connectivity index (χ3n) is 4.00. The Kier molecular flexibility index (Phi) is 5.17. The number of thiophene rings is 1. The molecule has 2 heterocycles. The smallest absolute Gasteiger partial charge is 0.222 e. The predicted octanol–water partition coefficient (Wildman–Crippen LogP) is 2.18. The minimum Gasteiger partial charge on any atom is -0.369 e. The van der Waals surface area contributed by atoms with E-state index in [1.165, 1.54) is 4.88 Å². The van der Waals surface area contributed by atoms with Crippen LogP contribution >= 0.6 is 11.3 Å². The van der Waals surface area contributed by atoms with E-state index in [2.05, 4.69) is 11.4 Å². The first-order valence-corrected chi connectivity index (χ1v) is 8.07. The minimum absolute atomic E-state index is 0.153. The summed E-state index contributed by atoms with van der Waals surface area (Å²) in [6.45, 7) is 2.54. The van der Waals surface area contributed by atoms with Gasteiger partial charge in [-0.1, -0.05) is 6.07 Å². The van der Waals surface area contributed by atoms with Crippen LogP contribution in [0.2, 0.25) is 0 Å². The Hall–Kier alpha value is -1.36. The maximum Gasteiger partial charge on any atom is 0.222 e. The van der Waals surface area contributed by atoms with E-state index in [9.17, 15) is 9.59 Å². The highest BCUT2D eigenvalue weighted by Gasteiger charge is 2.31. The lowest BCUT2D eigenvalue weighted by Crippen LogP contribution is -2.48. The maximum atomic E-state index is 12.3. The number of primary amides is 1. The van der Waals surface area contributed by atoms with Crippen molar-refractivity contribution < 1.29 is 9.59 Å². The monoisotopic (exact) mass is 294 g/mol. The number of carbonyl (C=O) groups excluding carboxylic acids is 2. The highest BCUT2D eigenvalue weighted by atomic mass is 32.1. The molecule has 1 fully saturated rings. The SMILES string of the molecule is C[C@@H]1CC[C@H](C(N)=O)CN1C(=O)CCCc1cccs1. The third-order valence-corrected chi connectivity index (χ3v) is 4.93. The summed E-state index contributed by atoms with van der Waals surface area (Å²) in [5.74, 6) is -0.305. The van der Waals surface area contributed by atoms with Crippen molar-refractivity contribution in [1.29, 1.82) is 0 Å². The fraction of sp³-hybridized carbons (Fsp3) is 0.600. The number of hydrogen-bond acceptors (Lipinski definition) is 3. The van der Waals surface area contributed by atoms with Gasteiger partial charge in [-0.15, -0.1) is 11.3 Å². The summed E-state index contributed by atoms with van der Waals surface area (Å²) in [5, 5.41) is 2.06. The maximum absolute atomic E-state index is 12.3. The van der Waals surface area contributed by atoms with Crippen LogP contribution in [0.1, 0.15) is 37.5 Å². The first-order chi connectivity index (χ1) is 9.58. The molecule has 20 heavy (non-hydrogen) atoms. The normalized spacial score (nSPS) is 22.8. The molecule has 2 atom stereocenters. The van der Waals surface area contributed by atoms with E-state index in [0.29, 0.717) is 13.0 Å². The van der Waals surface area contributed by atoms with Crippen molar-refractivity contribution in [3.63, 3.8) is 0 Å². The molecule has 4 nitrogen and oxygen atoms in total. The number of aryl methyl sites for hydroxylation is 1.